The highest BCUT2D eigenvalue weighted by atomic mass is 32.1. The van der Waals surface area contributed by atoms with E-state index in [2.05, 4.69) is 22.9 Å². The molecule has 0 atom stereocenters. The molecule has 4 aromatic rings. The second-order valence-corrected chi connectivity index (χ2v) is 6.25. The number of hydrogen-bond donors (Lipinski definition) is 4. The van der Waals surface area contributed by atoms with E-state index in [-0.39, 0.29) is 22.7 Å². The molecule has 0 bridgehead atoms. The van der Waals surface area contributed by atoms with Crippen molar-refractivity contribution < 1.29 is 20.1 Å². The quantitative estimate of drug-likeness (QED) is 0.321. The molecule has 27 heavy (non-hydrogen) atoms. The maximum absolute atomic E-state index is 11.5. The van der Waals surface area contributed by atoms with Crippen molar-refractivity contribution in [3.63, 3.8) is 0 Å². The number of aromatic nitrogens is 3. The van der Waals surface area contributed by atoms with Crippen LogP contribution in [0.5, 0.6) is 11.5 Å². The molecule has 1 heterocycles. The first-order chi connectivity index (χ1) is 13.0. The minimum absolute atomic E-state index is 0.175. The molecular weight excluding hydrogens is 366 g/mol. The Morgan fingerprint density at radius 2 is 1.70 bits per heavy atom. The first-order valence-corrected chi connectivity index (χ1v) is 8.35. The first kappa shape index (κ1) is 16.9. The van der Waals surface area contributed by atoms with E-state index in [1.165, 1.54) is 16.8 Å². The summed E-state index contributed by atoms with van der Waals surface area (Å²) >= 11 is 4.38. The van der Waals surface area contributed by atoms with Crippen LogP contribution in [0.4, 0.5) is 0 Å². The number of carbonyl (C=O) groups is 1. The fraction of sp³-hybridized carbons (Fsp3) is 0. The molecule has 3 aromatic carbocycles. The van der Waals surface area contributed by atoms with Crippen LogP contribution in [-0.4, -0.2) is 36.3 Å². The van der Waals surface area contributed by atoms with E-state index in [1.807, 2.05) is 0 Å². The standard InChI is InChI=1S/C19H13N3O4S/c23-15-7-3-6-14(17(15)24)22-16(18(27)20-21-22)12-8-9-13(19(25)26)11-5-2-1-4-10(11)12/h1-9,23-24,27H,(H,25,26). The van der Waals surface area contributed by atoms with E-state index in [9.17, 15) is 20.1 Å². The highest BCUT2D eigenvalue weighted by Gasteiger charge is 2.21. The Kier molecular flexibility index (Phi) is 3.97. The molecule has 0 unspecified atom stereocenters. The van der Waals surface area contributed by atoms with Gasteiger partial charge in [0.25, 0.3) is 0 Å². The molecule has 0 amide bonds. The van der Waals surface area contributed by atoms with Gasteiger partial charge in [-0.3, -0.25) is 0 Å². The summed E-state index contributed by atoms with van der Waals surface area (Å²) in [6.45, 7) is 0. The van der Waals surface area contributed by atoms with Crippen LogP contribution in [0.15, 0.2) is 59.6 Å². The van der Waals surface area contributed by atoms with E-state index < -0.39 is 5.97 Å². The van der Waals surface area contributed by atoms with Gasteiger partial charge in [0.15, 0.2) is 11.5 Å². The molecule has 0 aliphatic carbocycles. The molecule has 0 spiro atoms. The highest BCUT2D eigenvalue weighted by Crippen LogP contribution is 2.38. The lowest BCUT2D eigenvalue weighted by molar-refractivity contribution is 0.0699. The zero-order chi connectivity index (χ0) is 19.1. The lowest BCUT2D eigenvalue weighted by atomic mass is 9.98. The number of rotatable bonds is 3. The predicted molar refractivity (Wildman–Crippen MR) is 102 cm³/mol. The average molecular weight is 379 g/mol. The van der Waals surface area contributed by atoms with Crippen LogP contribution in [0.25, 0.3) is 27.7 Å². The number of carboxylic acid groups (broad SMARTS) is 1. The van der Waals surface area contributed by atoms with Gasteiger partial charge in [0.1, 0.15) is 16.4 Å². The molecule has 4 rings (SSSR count). The number of phenolic OH excluding ortho intramolecular Hbond substituents is 2. The number of carboxylic acids is 1. The SMILES string of the molecule is O=C(O)c1ccc(-c2c(S)nnn2-c2cccc(O)c2O)c2ccccc12. The maximum atomic E-state index is 11.5. The van der Waals surface area contributed by atoms with E-state index >= 15 is 0 Å². The zero-order valence-corrected chi connectivity index (χ0v) is 14.6. The largest absolute Gasteiger partial charge is 0.504 e. The number of benzene rings is 3. The van der Waals surface area contributed by atoms with Gasteiger partial charge in [0.05, 0.1) is 5.56 Å². The van der Waals surface area contributed by atoms with Crippen LogP contribution >= 0.6 is 12.6 Å². The summed E-state index contributed by atoms with van der Waals surface area (Å²) < 4.78 is 1.36. The van der Waals surface area contributed by atoms with Gasteiger partial charge >= 0.3 is 5.97 Å². The topological polar surface area (TPSA) is 108 Å². The molecule has 134 valence electrons. The third-order valence-corrected chi connectivity index (χ3v) is 4.58. The fourth-order valence-corrected chi connectivity index (χ4v) is 3.31. The van der Waals surface area contributed by atoms with Gasteiger partial charge in [-0.25, -0.2) is 9.48 Å². The van der Waals surface area contributed by atoms with E-state index in [4.69, 9.17) is 0 Å². The summed E-state index contributed by atoms with van der Waals surface area (Å²) in [6, 6.07) is 14.7. The van der Waals surface area contributed by atoms with Crippen molar-refractivity contribution in [2.75, 3.05) is 0 Å². The van der Waals surface area contributed by atoms with Gasteiger partial charge in [-0.1, -0.05) is 41.6 Å². The van der Waals surface area contributed by atoms with Gasteiger partial charge in [-0.05, 0) is 29.0 Å². The van der Waals surface area contributed by atoms with Crippen LogP contribution in [0.1, 0.15) is 10.4 Å². The van der Waals surface area contributed by atoms with Gasteiger partial charge in [-0.2, -0.15) is 0 Å². The first-order valence-electron chi connectivity index (χ1n) is 7.90. The number of hydrogen-bond acceptors (Lipinski definition) is 6. The van der Waals surface area contributed by atoms with Crippen molar-refractivity contribution in [3.8, 4) is 28.4 Å². The molecule has 0 aliphatic rings. The van der Waals surface area contributed by atoms with Crippen molar-refractivity contribution in [2.24, 2.45) is 0 Å². The third-order valence-electron chi connectivity index (χ3n) is 4.28. The molecule has 0 radical (unpaired) electrons. The number of phenols is 2. The van der Waals surface area contributed by atoms with Crippen LogP contribution in [0, 0.1) is 0 Å². The Bertz CT molecular complexity index is 1200. The van der Waals surface area contributed by atoms with Crippen molar-refractivity contribution in [1.82, 2.24) is 15.0 Å². The number of nitrogens with zero attached hydrogens (tertiary/aromatic N) is 3. The molecule has 0 saturated carbocycles. The van der Waals surface area contributed by atoms with E-state index in [0.29, 0.717) is 27.1 Å². The number of aromatic carboxylic acids is 1. The summed E-state index contributed by atoms with van der Waals surface area (Å²) in [4.78, 5) is 11.5. The second kappa shape index (κ2) is 6.33. The summed E-state index contributed by atoms with van der Waals surface area (Å²) in [6.07, 6.45) is 0. The van der Waals surface area contributed by atoms with E-state index in [1.54, 1.807) is 42.5 Å². The Morgan fingerprint density at radius 1 is 0.963 bits per heavy atom. The van der Waals surface area contributed by atoms with Gasteiger partial charge in [0, 0.05) is 5.56 Å². The third kappa shape index (κ3) is 2.67. The molecular formula is C19H13N3O4S. The zero-order valence-electron chi connectivity index (χ0n) is 13.7. The fourth-order valence-electron chi connectivity index (χ4n) is 3.06. The van der Waals surface area contributed by atoms with Crippen LogP contribution in [0.2, 0.25) is 0 Å². The minimum atomic E-state index is -1.03. The molecule has 0 aliphatic heterocycles. The molecule has 0 fully saturated rings. The highest BCUT2D eigenvalue weighted by molar-refractivity contribution is 7.80. The lowest BCUT2D eigenvalue weighted by Crippen LogP contribution is -2.02. The Hall–Kier alpha value is -3.52. The molecule has 8 heteroatoms. The number of para-hydroxylation sites is 1. The number of aromatic hydroxyl groups is 2. The molecule has 7 nitrogen and oxygen atoms in total. The molecule has 0 saturated heterocycles. The second-order valence-electron chi connectivity index (χ2n) is 5.83. The van der Waals surface area contributed by atoms with Crippen molar-refractivity contribution in [3.05, 3.63) is 60.2 Å². The number of thiol groups is 1. The number of fused-ring (bicyclic) bond motifs is 1. The Balaban J connectivity index is 2.04. The van der Waals surface area contributed by atoms with Gasteiger partial charge < -0.3 is 15.3 Å². The van der Waals surface area contributed by atoms with Crippen LogP contribution in [0.3, 0.4) is 0 Å². The van der Waals surface area contributed by atoms with Crippen molar-refractivity contribution in [2.45, 2.75) is 5.03 Å². The molecule has 3 N–H and O–H groups in total. The summed E-state index contributed by atoms with van der Waals surface area (Å²) in [7, 11) is 0. The normalized spacial score (nSPS) is 11.0. The molecule has 1 aromatic heterocycles. The lowest BCUT2D eigenvalue weighted by Gasteiger charge is -2.12. The van der Waals surface area contributed by atoms with Crippen molar-refractivity contribution in [1.29, 1.82) is 0 Å². The monoisotopic (exact) mass is 379 g/mol. The van der Waals surface area contributed by atoms with Crippen LogP contribution in [-0.2, 0) is 0 Å². The average Bonchev–Trinajstić information content (AvgIpc) is 3.04. The van der Waals surface area contributed by atoms with E-state index in [0.717, 1.165) is 0 Å². The van der Waals surface area contributed by atoms with Gasteiger partial charge in [0.2, 0.25) is 0 Å². The van der Waals surface area contributed by atoms with Gasteiger partial charge in [-0.15, -0.1) is 17.7 Å². The summed E-state index contributed by atoms with van der Waals surface area (Å²) in [5.74, 6) is -1.66. The predicted octanol–water partition coefficient (Wildman–Crippen LogP) is 3.49. The van der Waals surface area contributed by atoms with Crippen molar-refractivity contribution >= 4 is 29.4 Å². The van der Waals surface area contributed by atoms with Crippen LogP contribution < -0.4 is 0 Å². The maximum Gasteiger partial charge on any atom is 0.336 e. The minimum Gasteiger partial charge on any atom is -0.504 e. The Labute approximate surface area is 158 Å². The summed E-state index contributed by atoms with van der Waals surface area (Å²) in [5, 5.41) is 39.0. The summed E-state index contributed by atoms with van der Waals surface area (Å²) in [5.41, 5.74) is 1.51. The Morgan fingerprint density at radius 3 is 2.44 bits per heavy atom. The smallest absolute Gasteiger partial charge is 0.336 e.